The first-order valence-corrected chi connectivity index (χ1v) is 6.13. The predicted octanol–water partition coefficient (Wildman–Crippen LogP) is 4.01. The van der Waals surface area contributed by atoms with E-state index in [2.05, 4.69) is 10.3 Å². The molecule has 0 aliphatic heterocycles. The van der Waals surface area contributed by atoms with Gasteiger partial charge in [0.05, 0.1) is 12.8 Å². The van der Waals surface area contributed by atoms with E-state index in [0.717, 1.165) is 17.0 Å². The van der Waals surface area contributed by atoms with Gasteiger partial charge in [-0.1, -0.05) is 29.3 Å². The Kier molecular flexibility index (Phi) is 4.28. The van der Waals surface area contributed by atoms with Gasteiger partial charge in [0, 0.05) is 23.3 Å². The Morgan fingerprint density at radius 3 is 2.78 bits per heavy atom. The van der Waals surface area contributed by atoms with Gasteiger partial charge >= 0.3 is 0 Å². The zero-order valence-corrected chi connectivity index (χ0v) is 11.3. The molecule has 0 saturated heterocycles. The lowest BCUT2D eigenvalue weighted by atomic mass is 10.2. The molecule has 1 N–H and O–H groups in total. The molecule has 0 radical (unpaired) electrons. The third-order valence-electron chi connectivity index (χ3n) is 2.51. The maximum absolute atomic E-state index is 6.15. The number of rotatable bonds is 4. The van der Waals surface area contributed by atoms with E-state index in [4.69, 9.17) is 27.9 Å². The van der Waals surface area contributed by atoms with Gasteiger partial charge in [0.25, 0.3) is 0 Å². The number of nitrogens with zero attached hydrogens (tertiary/aromatic N) is 1. The predicted molar refractivity (Wildman–Crippen MR) is 74.6 cm³/mol. The fourth-order valence-corrected chi connectivity index (χ4v) is 2.02. The van der Waals surface area contributed by atoms with Crippen LogP contribution in [0.2, 0.25) is 10.2 Å². The van der Waals surface area contributed by atoms with Crippen LogP contribution >= 0.6 is 23.2 Å². The summed E-state index contributed by atoms with van der Waals surface area (Å²) in [5, 5.41) is 4.27. The third kappa shape index (κ3) is 2.86. The van der Waals surface area contributed by atoms with E-state index in [0.29, 0.717) is 16.7 Å². The number of hydrogen-bond donors (Lipinski definition) is 1. The molecule has 5 heteroatoms. The largest absolute Gasteiger partial charge is 0.496 e. The Hall–Kier alpha value is -1.45. The molecular weight excluding hydrogens is 271 g/mol. The molecule has 0 unspecified atom stereocenters. The molecule has 1 heterocycles. The van der Waals surface area contributed by atoms with Gasteiger partial charge < -0.3 is 10.1 Å². The maximum Gasteiger partial charge on any atom is 0.152 e. The van der Waals surface area contributed by atoms with Crippen LogP contribution in [-0.4, -0.2) is 12.1 Å². The molecule has 2 aromatic rings. The molecule has 0 atom stereocenters. The standard InChI is InChI=1S/C13H12Cl2N2O/c1-18-12-6-2-4-10(14)9(12)8-17-11-5-3-7-16-13(11)15/h2-7,17H,8H2,1H3. The summed E-state index contributed by atoms with van der Waals surface area (Å²) >= 11 is 12.1. The quantitative estimate of drug-likeness (QED) is 0.861. The molecule has 3 nitrogen and oxygen atoms in total. The Morgan fingerprint density at radius 1 is 1.22 bits per heavy atom. The first-order valence-electron chi connectivity index (χ1n) is 5.38. The van der Waals surface area contributed by atoms with Gasteiger partial charge in [-0.15, -0.1) is 0 Å². The maximum atomic E-state index is 6.15. The van der Waals surface area contributed by atoms with Crippen LogP contribution in [0.5, 0.6) is 5.75 Å². The molecule has 18 heavy (non-hydrogen) atoms. The minimum atomic E-state index is 0.434. The number of aromatic nitrogens is 1. The Bertz CT molecular complexity index is 546. The van der Waals surface area contributed by atoms with Crippen molar-refractivity contribution in [2.45, 2.75) is 6.54 Å². The van der Waals surface area contributed by atoms with Crippen LogP contribution in [0.4, 0.5) is 5.69 Å². The van der Waals surface area contributed by atoms with Crippen LogP contribution in [0.25, 0.3) is 0 Å². The normalized spacial score (nSPS) is 10.2. The van der Waals surface area contributed by atoms with Gasteiger partial charge in [0.1, 0.15) is 5.75 Å². The number of anilines is 1. The minimum absolute atomic E-state index is 0.434. The summed E-state index contributed by atoms with van der Waals surface area (Å²) in [5.41, 5.74) is 1.66. The van der Waals surface area contributed by atoms with E-state index in [1.807, 2.05) is 30.3 Å². The molecule has 0 spiro atoms. The van der Waals surface area contributed by atoms with E-state index in [1.165, 1.54) is 0 Å². The first-order chi connectivity index (χ1) is 8.72. The summed E-state index contributed by atoms with van der Waals surface area (Å²) in [5.74, 6) is 0.745. The zero-order valence-electron chi connectivity index (χ0n) is 9.78. The van der Waals surface area contributed by atoms with Crippen molar-refractivity contribution in [1.82, 2.24) is 4.98 Å². The average molecular weight is 283 g/mol. The van der Waals surface area contributed by atoms with E-state index < -0.39 is 0 Å². The lowest BCUT2D eigenvalue weighted by Crippen LogP contribution is -2.03. The van der Waals surface area contributed by atoms with Crippen molar-refractivity contribution in [3.63, 3.8) is 0 Å². The van der Waals surface area contributed by atoms with Crippen molar-refractivity contribution < 1.29 is 4.74 Å². The van der Waals surface area contributed by atoms with Crippen LogP contribution in [0.1, 0.15) is 5.56 Å². The van der Waals surface area contributed by atoms with Gasteiger partial charge in [-0.05, 0) is 24.3 Å². The Balaban J connectivity index is 2.18. The van der Waals surface area contributed by atoms with Crippen LogP contribution in [0, 0.1) is 0 Å². The van der Waals surface area contributed by atoms with Crippen molar-refractivity contribution in [1.29, 1.82) is 0 Å². The molecule has 0 aliphatic carbocycles. The highest BCUT2D eigenvalue weighted by atomic mass is 35.5. The number of halogens is 2. The fraction of sp³-hybridized carbons (Fsp3) is 0.154. The molecule has 0 fully saturated rings. The molecule has 94 valence electrons. The monoisotopic (exact) mass is 282 g/mol. The number of nitrogens with one attached hydrogen (secondary N) is 1. The molecule has 1 aromatic heterocycles. The van der Waals surface area contributed by atoms with Crippen molar-refractivity contribution >= 4 is 28.9 Å². The van der Waals surface area contributed by atoms with Crippen molar-refractivity contribution in [3.05, 3.63) is 52.3 Å². The van der Waals surface area contributed by atoms with Gasteiger partial charge in [0.15, 0.2) is 5.15 Å². The third-order valence-corrected chi connectivity index (χ3v) is 3.17. The Labute approximate surface area is 116 Å². The SMILES string of the molecule is COc1cccc(Cl)c1CNc1cccnc1Cl. The molecule has 1 aromatic carbocycles. The second-order valence-electron chi connectivity index (χ2n) is 3.62. The highest BCUT2D eigenvalue weighted by Gasteiger charge is 2.08. The van der Waals surface area contributed by atoms with Crippen LogP contribution in [0.3, 0.4) is 0 Å². The number of ether oxygens (including phenoxy) is 1. The lowest BCUT2D eigenvalue weighted by Gasteiger charge is -2.12. The van der Waals surface area contributed by atoms with Crippen molar-refractivity contribution in [3.8, 4) is 5.75 Å². The van der Waals surface area contributed by atoms with Gasteiger partial charge in [-0.3, -0.25) is 0 Å². The molecule has 0 aliphatic rings. The summed E-state index contributed by atoms with van der Waals surface area (Å²) in [6, 6.07) is 9.22. The van der Waals surface area contributed by atoms with E-state index in [9.17, 15) is 0 Å². The summed E-state index contributed by atoms with van der Waals surface area (Å²) in [4.78, 5) is 4.00. The highest BCUT2D eigenvalue weighted by molar-refractivity contribution is 6.32. The second kappa shape index (κ2) is 5.94. The lowest BCUT2D eigenvalue weighted by molar-refractivity contribution is 0.410. The van der Waals surface area contributed by atoms with Gasteiger partial charge in [-0.2, -0.15) is 0 Å². The second-order valence-corrected chi connectivity index (χ2v) is 4.38. The molecule has 0 amide bonds. The summed E-state index contributed by atoms with van der Waals surface area (Å²) in [7, 11) is 1.62. The smallest absolute Gasteiger partial charge is 0.152 e. The molecular formula is C13H12Cl2N2O. The van der Waals surface area contributed by atoms with Crippen molar-refractivity contribution in [2.24, 2.45) is 0 Å². The topological polar surface area (TPSA) is 34.1 Å². The van der Waals surface area contributed by atoms with E-state index in [1.54, 1.807) is 13.3 Å². The zero-order chi connectivity index (χ0) is 13.0. The van der Waals surface area contributed by atoms with Crippen LogP contribution in [0.15, 0.2) is 36.5 Å². The van der Waals surface area contributed by atoms with Gasteiger partial charge in [-0.25, -0.2) is 4.98 Å². The Morgan fingerprint density at radius 2 is 2.06 bits per heavy atom. The van der Waals surface area contributed by atoms with Crippen LogP contribution in [-0.2, 0) is 6.54 Å². The minimum Gasteiger partial charge on any atom is -0.496 e. The van der Waals surface area contributed by atoms with E-state index in [-0.39, 0.29) is 0 Å². The number of hydrogen-bond acceptors (Lipinski definition) is 3. The average Bonchev–Trinajstić information content (AvgIpc) is 2.39. The van der Waals surface area contributed by atoms with Gasteiger partial charge in [0.2, 0.25) is 0 Å². The fourth-order valence-electron chi connectivity index (χ4n) is 1.60. The van der Waals surface area contributed by atoms with Crippen LogP contribution < -0.4 is 10.1 Å². The number of pyridine rings is 1. The highest BCUT2D eigenvalue weighted by Crippen LogP contribution is 2.28. The molecule has 2 rings (SSSR count). The summed E-state index contributed by atoms with van der Waals surface area (Å²) in [6.45, 7) is 0.522. The number of methoxy groups -OCH3 is 1. The summed E-state index contributed by atoms with van der Waals surface area (Å²) in [6.07, 6.45) is 1.64. The molecule has 0 saturated carbocycles. The summed E-state index contributed by atoms with van der Waals surface area (Å²) < 4.78 is 5.27. The van der Waals surface area contributed by atoms with E-state index >= 15 is 0 Å². The van der Waals surface area contributed by atoms with Crippen molar-refractivity contribution in [2.75, 3.05) is 12.4 Å². The number of benzene rings is 1. The first kappa shape index (κ1) is 13.0. The molecule has 0 bridgehead atoms.